The lowest BCUT2D eigenvalue weighted by Crippen LogP contribution is -2.44. The van der Waals surface area contributed by atoms with E-state index in [2.05, 4.69) is 0 Å². The molecule has 2 heterocycles. The normalized spacial score (nSPS) is 16.0. The van der Waals surface area contributed by atoms with Gasteiger partial charge in [0.05, 0.1) is 13.0 Å². The lowest BCUT2D eigenvalue weighted by molar-refractivity contribution is -0.146. The summed E-state index contributed by atoms with van der Waals surface area (Å²) in [6.45, 7) is 0.485. The van der Waals surface area contributed by atoms with E-state index in [0.717, 1.165) is 16.5 Å². The number of piperidine rings is 1. The van der Waals surface area contributed by atoms with Crippen LogP contribution in [-0.2, 0) is 9.59 Å². The number of amides is 1. The Balaban J connectivity index is 1.52. The number of likely N-dealkylation sites (tertiary alicyclic amines) is 1. The highest BCUT2D eigenvalue weighted by molar-refractivity contribution is 5.93. The van der Waals surface area contributed by atoms with Gasteiger partial charge in [-0.1, -0.05) is 12.1 Å². The van der Waals surface area contributed by atoms with Gasteiger partial charge in [-0.05, 0) is 48.2 Å². The topological polar surface area (TPSA) is 106 Å². The van der Waals surface area contributed by atoms with Gasteiger partial charge in [-0.3, -0.25) is 9.59 Å². The number of carboxylic acid groups (broad SMARTS) is 1. The number of hydrogen-bond acceptors (Lipinski definition) is 6. The van der Waals surface area contributed by atoms with Gasteiger partial charge in [0.2, 0.25) is 0 Å². The van der Waals surface area contributed by atoms with Crippen LogP contribution in [0.5, 0.6) is 11.5 Å². The molecule has 1 unspecified atom stereocenters. The van der Waals surface area contributed by atoms with Crippen molar-refractivity contribution in [1.82, 2.24) is 4.90 Å². The van der Waals surface area contributed by atoms with Crippen LogP contribution in [0.15, 0.2) is 57.7 Å². The molecule has 0 spiro atoms. The monoisotopic (exact) mass is 437 g/mol. The summed E-state index contributed by atoms with van der Waals surface area (Å²) >= 11 is 0. The Morgan fingerprint density at radius 2 is 1.88 bits per heavy atom. The van der Waals surface area contributed by atoms with Crippen LogP contribution in [0.25, 0.3) is 22.1 Å². The molecule has 1 amide bonds. The average Bonchev–Trinajstić information content (AvgIpc) is 2.81. The molecule has 1 aromatic heterocycles. The zero-order valence-electron chi connectivity index (χ0n) is 17.6. The van der Waals surface area contributed by atoms with Crippen molar-refractivity contribution < 1.29 is 28.6 Å². The maximum Gasteiger partial charge on any atom is 0.336 e. The van der Waals surface area contributed by atoms with Crippen molar-refractivity contribution in [3.8, 4) is 22.6 Å². The van der Waals surface area contributed by atoms with Crippen LogP contribution < -0.4 is 15.1 Å². The van der Waals surface area contributed by atoms with E-state index < -0.39 is 17.5 Å². The van der Waals surface area contributed by atoms with E-state index >= 15 is 0 Å². The molecule has 3 aromatic rings. The predicted octanol–water partition coefficient (Wildman–Crippen LogP) is 3.17. The third kappa shape index (κ3) is 4.59. The number of rotatable bonds is 6. The van der Waals surface area contributed by atoms with Gasteiger partial charge in [-0.15, -0.1) is 0 Å². The van der Waals surface area contributed by atoms with Crippen molar-refractivity contribution in [3.63, 3.8) is 0 Å². The molecule has 8 heteroatoms. The Kier molecular flexibility index (Phi) is 6.11. The Morgan fingerprint density at radius 1 is 1.12 bits per heavy atom. The molecule has 1 aliphatic rings. The molecule has 0 saturated carbocycles. The molecule has 2 aromatic carbocycles. The second-order valence-electron chi connectivity index (χ2n) is 7.67. The minimum Gasteiger partial charge on any atom is -0.497 e. The summed E-state index contributed by atoms with van der Waals surface area (Å²) in [6, 6.07) is 13.8. The van der Waals surface area contributed by atoms with E-state index in [0.29, 0.717) is 36.5 Å². The Labute approximate surface area is 184 Å². The molecule has 1 aliphatic heterocycles. The summed E-state index contributed by atoms with van der Waals surface area (Å²) in [7, 11) is 1.59. The second kappa shape index (κ2) is 9.13. The fourth-order valence-electron chi connectivity index (χ4n) is 3.88. The number of benzene rings is 2. The van der Waals surface area contributed by atoms with E-state index in [1.807, 2.05) is 24.3 Å². The van der Waals surface area contributed by atoms with Crippen LogP contribution in [-0.4, -0.2) is 48.7 Å². The summed E-state index contributed by atoms with van der Waals surface area (Å²) in [6.07, 6.45) is 1.22. The third-order valence-corrected chi connectivity index (χ3v) is 5.60. The van der Waals surface area contributed by atoms with E-state index in [1.54, 1.807) is 25.3 Å². The van der Waals surface area contributed by atoms with Gasteiger partial charge >= 0.3 is 11.6 Å². The van der Waals surface area contributed by atoms with Crippen molar-refractivity contribution in [2.24, 2.45) is 5.92 Å². The maximum absolute atomic E-state index is 12.5. The number of carbonyl (C=O) groups is 2. The minimum absolute atomic E-state index is 0.190. The van der Waals surface area contributed by atoms with Crippen LogP contribution in [0.2, 0.25) is 0 Å². The highest BCUT2D eigenvalue weighted by Crippen LogP contribution is 2.30. The van der Waals surface area contributed by atoms with Gasteiger partial charge in [-0.2, -0.15) is 0 Å². The quantitative estimate of drug-likeness (QED) is 0.591. The van der Waals surface area contributed by atoms with Crippen molar-refractivity contribution >= 4 is 22.8 Å². The molecule has 0 bridgehead atoms. The molecule has 166 valence electrons. The Bertz CT molecular complexity index is 1200. The lowest BCUT2D eigenvalue weighted by Gasteiger charge is -2.30. The van der Waals surface area contributed by atoms with E-state index in [9.17, 15) is 19.5 Å². The minimum atomic E-state index is -0.888. The van der Waals surface area contributed by atoms with E-state index in [4.69, 9.17) is 13.9 Å². The third-order valence-electron chi connectivity index (χ3n) is 5.60. The molecule has 1 atom stereocenters. The number of nitrogens with zero attached hydrogens (tertiary/aromatic N) is 1. The highest BCUT2D eigenvalue weighted by atomic mass is 16.5. The number of ether oxygens (including phenoxy) is 2. The van der Waals surface area contributed by atoms with Gasteiger partial charge in [0.1, 0.15) is 17.1 Å². The number of methoxy groups -OCH3 is 1. The van der Waals surface area contributed by atoms with Crippen molar-refractivity contribution in [3.05, 3.63) is 59.0 Å². The number of carbonyl (C=O) groups excluding carboxylic acids is 1. The lowest BCUT2D eigenvalue weighted by atomic mass is 9.98. The first-order valence-corrected chi connectivity index (χ1v) is 10.3. The smallest absolute Gasteiger partial charge is 0.336 e. The van der Waals surface area contributed by atoms with Gasteiger partial charge in [-0.25, -0.2) is 4.79 Å². The van der Waals surface area contributed by atoms with E-state index in [-0.39, 0.29) is 19.1 Å². The number of carboxylic acids is 1. The summed E-state index contributed by atoms with van der Waals surface area (Å²) in [5, 5.41) is 9.92. The summed E-state index contributed by atoms with van der Waals surface area (Å²) in [4.78, 5) is 37.3. The molecule has 1 saturated heterocycles. The molecule has 4 rings (SSSR count). The van der Waals surface area contributed by atoms with Crippen LogP contribution in [0.3, 0.4) is 0 Å². The molecule has 32 heavy (non-hydrogen) atoms. The Morgan fingerprint density at radius 3 is 2.59 bits per heavy atom. The summed E-state index contributed by atoms with van der Waals surface area (Å²) < 4.78 is 16.2. The van der Waals surface area contributed by atoms with E-state index in [1.165, 1.54) is 11.0 Å². The first-order chi connectivity index (χ1) is 15.4. The van der Waals surface area contributed by atoms with Gasteiger partial charge in [0.25, 0.3) is 5.91 Å². The average molecular weight is 437 g/mol. The van der Waals surface area contributed by atoms with Crippen molar-refractivity contribution in [2.75, 3.05) is 26.8 Å². The van der Waals surface area contributed by atoms with Gasteiger partial charge in [0, 0.05) is 30.6 Å². The zero-order valence-corrected chi connectivity index (χ0v) is 17.6. The van der Waals surface area contributed by atoms with Gasteiger partial charge in [0.15, 0.2) is 6.61 Å². The van der Waals surface area contributed by atoms with Crippen LogP contribution in [0.4, 0.5) is 0 Å². The van der Waals surface area contributed by atoms with Crippen LogP contribution in [0.1, 0.15) is 12.8 Å². The molecular formula is C24H23NO7. The van der Waals surface area contributed by atoms with Crippen LogP contribution >= 0.6 is 0 Å². The number of hydrogen-bond donors (Lipinski definition) is 1. The maximum atomic E-state index is 12.5. The fraction of sp³-hybridized carbons (Fsp3) is 0.292. The largest absolute Gasteiger partial charge is 0.497 e. The first kappa shape index (κ1) is 21.4. The molecule has 0 aliphatic carbocycles. The second-order valence-corrected chi connectivity index (χ2v) is 7.67. The molecule has 1 N–H and O–H groups in total. The molecule has 1 fully saturated rings. The van der Waals surface area contributed by atoms with Crippen LogP contribution in [0, 0.1) is 5.92 Å². The highest BCUT2D eigenvalue weighted by Gasteiger charge is 2.28. The number of aliphatic carboxylic acids is 1. The fourth-order valence-corrected chi connectivity index (χ4v) is 3.88. The van der Waals surface area contributed by atoms with Crippen molar-refractivity contribution in [2.45, 2.75) is 12.8 Å². The molecule has 8 nitrogen and oxygen atoms in total. The first-order valence-electron chi connectivity index (χ1n) is 10.3. The molecule has 0 radical (unpaired) electrons. The Hall–Kier alpha value is -3.81. The molecular weight excluding hydrogens is 414 g/mol. The SMILES string of the molecule is COc1ccc(-c2cc(=O)oc3cc(OCC(=O)N4CCCC(C(=O)O)C4)ccc23)cc1. The number of fused-ring (bicyclic) bond motifs is 1. The summed E-state index contributed by atoms with van der Waals surface area (Å²) in [5.41, 5.74) is 1.40. The standard InChI is InChI=1S/C24H23NO7/c1-30-17-6-4-15(5-7-17)20-12-23(27)32-21-11-18(8-9-19(20)21)31-14-22(26)25-10-2-3-16(13-25)24(28)29/h4-9,11-12,16H,2-3,10,13-14H2,1H3,(H,28,29). The van der Waals surface area contributed by atoms with Gasteiger partial charge < -0.3 is 23.9 Å². The summed E-state index contributed by atoms with van der Waals surface area (Å²) in [5.74, 6) is -0.610. The predicted molar refractivity (Wildman–Crippen MR) is 117 cm³/mol. The zero-order chi connectivity index (χ0) is 22.7. The van der Waals surface area contributed by atoms with Crippen molar-refractivity contribution in [1.29, 1.82) is 0 Å².